The molecule has 0 N–H and O–H groups in total. The molecule has 0 saturated heterocycles. The van der Waals surface area contributed by atoms with Crippen LogP contribution in [0, 0.1) is 0 Å². The van der Waals surface area contributed by atoms with Gasteiger partial charge in [-0.05, 0) is 96.3 Å². The molecule has 59 heavy (non-hydrogen) atoms. The van der Waals surface area contributed by atoms with Gasteiger partial charge in [0.15, 0.2) is 6.10 Å². The Hall–Kier alpha value is -2.89. The highest BCUT2D eigenvalue weighted by Crippen LogP contribution is 2.13. The van der Waals surface area contributed by atoms with Crippen molar-refractivity contribution in [3.63, 3.8) is 0 Å². The Kier molecular flexibility index (Phi) is 45.4. The average Bonchev–Trinajstić information content (AvgIpc) is 3.23. The Balaban J connectivity index is 4.36. The normalized spacial score (nSPS) is 12.5. The van der Waals surface area contributed by atoms with Crippen molar-refractivity contribution in [3.8, 4) is 0 Å². The zero-order valence-corrected chi connectivity index (χ0v) is 38.8. The largest absolute Gasteiger partial charge is 0.462 e. The summed E-state index contributed by atoms with van der Waals surface area (Å²) in [5, 5.41) is 0. The van der Waals surface area contributed by atoms with Gasteiger partial charge in [0.2, 0.25) is 0 Å². The number of esters is 3. The number of carbonyl (C=O) groups is 3. The monoisotopic (exact) mass is 825 g/mol. The van der Waals surface area contributed by atoms with Gasteiger partial charge < -0.3 is 14.2 Å². The van der Waals surface area contributed by atoms with E-state index in [0.717, 1.165) is 96.3 Å². The predicted molar refractivity (Wildman–Crippen MR) is 251 cm³/mol. The first-order valence-electron chi connectivity index (χ1n) is 24.8. The predicted octanol–water partition coefficient (Wildman–Crippen LogP) is 16.1. The summed E-state index contributed by atoms with van der Waals surface area (Å²) in [7, 11) is 0. The summed E-state index contributed by atoms with van der Waals surface area (Å²) in [6.07, 6.45) is 57.7. The Morgan fingerprint density at radius 1 is 0.339 bits per heavy atom. The lowest BCUT2D eigenvalue weighted by Crippen LogP contribution is -2.30. The zero-order chi connectivity index (χ0) is 43.0. The van der Waals surface area contributed by atoms with Crippen molar-refractivity contribution in [2.24, 2.45) is 0 Å². The Labute approximate surface area is 364 Å². The Morgan fingerprint density at radius 2 is 0.627 bits per heavy atom. The van der Waals surface area contributed by atoms with E-state index < -0.39 is 6.10 Å². The van der Waals surface area contributed by atoms with E-state index in [-0.39, 0.29) is 31.1 Å². The molecule has 0 fully saturated rings. The molecular weight excluding hydrogens is 733 g/mol. The molecule has 0 bridgehead atoms. The van der Waals surface area contributed by atoms with Crippen LogP contribution in [0.3, 0.4) is 0 Å². The second-order valence-corrected chi connectivity index (χ2v) is 16.4. The van der Waals surface area contributed by atoms with Crippen LogP contribution in [0.1, 0.15) is 239 Å². The molecule has 0 rings (SSSR count). The topological polar surface area (TPSA) is 78.9 Å². The molecule has 0 aliphatic carbocycles. The highest BCUT2D eigenvalue weighted by molar-refractivity contribution is 5.71. The van der Waals surface area contributed by atoms with Gasteiger partial charge in [0.1, 0.15) is 13.2 Å². The SMILES string of the molecule is CCCC/C=C\CCCCCCCC(=O)OC[C@H](COC(=O)CCCCCCCC/C=C\C/C=C\C/C=C\CCCCC)OC(=O)CCCCCCC/C=C\CCCC. The van der Waals surface area contributed by atoms with Crippen LogP contribution in [0.25, 0.3) is 0 Å². The fourth-order valence-corrected chi connectivity index (χ4v) is 6.64. The summed E-state index contributed by atoms with van der Waals surface area (Å²) in [5.74, 6) is -0.919. The molecule has 340 valence electrons. The first-order valence-corrected chi connectivity index (χ1v) is 24.8. The second kappa shape index (κ2) is 47.8. The van der Waals surface area contributed by atoms with Crippen molar-refractivity contribution < 1.29 is 28.6 Å². The molecule has 0 heterocycles. The smallest absolute Gasteiger partial charge is 0.306 e. The fraction of sp³-hybridized carbons (Fsp3) is 0.755. The van der Waals surface area contributed by atoms with Crippen LogP contribution < -0.4 is 0 Å². The van der Waals surface area contributed by atoms with Crippen LogP contribution in [-0.2, 0) is 28.6 Å². The molecule has 1 atom stereocenters. The number of ether oxygens (including phenoxy) is 3. The van der Waals surface area contributed by atoms with Crippen LogP contribution in [-0.4, -0.2) is 37.2 Å². The summed E-state index contributed by atoms with van der Waals surface area (Å²) < 4.78 is 16.7. The summed E-state index contributed by atoms with van der Waals surface area (Å²) in [4.78, 5) is 37.8. The van der Waals surface area contributed by atoms with Crippen molar-refractivity contribution in [1.29, 1.82) is 0 Å². The molecule has 6 heteroatoms. The summed E-state index contributed by atoms with van der Waals surface area (Å²) in [6, 6.07) is 0. The van der Waals surface area contributed by atoms with Gasteiger partial charge in [-0.3, -0.25) is 14.4 Å². The molecule has 0 spiro atoms. The quantitative estimate of drug-likeness (QED) is 0.0263. The van der Waals surface area contributed by atoms with E-state index in [2.05, 4.69) is 81.5 Å². The maximum Gasteiger partial charge on any atom is 0.306 e. The van der Waals surface area contributed by atoms with E-state index in [1.165, 1.54) is 103 Å². The summed E-state index contributed by atoms with van der Waals surface area (Å²) in [5.41, 5.74) is 0. The van der Waals surface area contributed by atoms with Gasteiger partial charge in [-0.25, -0.2) is 0 Å². The van der Waals surface area contributed by atoms with Gasteiger partial charge >= 0.3 is 17.9 Å². The maximum absolute atomic E-state index is 12.7. The van der Waals surface area contributed by atoms with Crippen LogP contribution in [0.15, 0.2) is 60.8 Å². The number of carbonyl (C=O) groups excluding carboxylic acids is 3. The molecular formula is C53H92O6. The minimum Gasteiger partial charge on any atom is -0.462 e. The highest BCUT2D eigenvalue weighted by atomic mass is 16.6. The van der Waals surface area contributed by atoms with Gasteiger partial charge in [0.25, 0.3) is 0 Å². The molecule has 0 radical (unpaired) electrons. The zero-order valence-electron chi connectivity index (χ0n) is 38.8. The van der Waals surface area contributed by atoms with E-state index >= 15 is 0 Å². The third kappa shape index (κ3) is 46.0. The molecule has 0 unspecified atom stereocenters. The molecule has 0 saturated carbocycles. The van der Waals surface area contributed by atoms with E-state index in [1.807, 2.05) is 0 Å². The first-order chi connectivity index (χ1) is 29.0. The summed E-state index contributed by atoms with van der Waals surface area (Å²) >= 11 is 0. The standard InChI is InChI=1S/C53H92O6/c1-4-7-10-13-16-19-22-23-24-25-26-27-28-29-32-34-37-40-43-46-52(55)58-49-50(59-53(56)47-44-41-38-35-31-21-18-15-12-9-6-3)48-57-51(54)45-42-39-36-33-30-20-17-14-11-8-5-2/h14-19,23-24,26-27,50H,4-13,20-22,25,28-49H2,1-3H3/b17-14-,18-15-,19-16-,24-23-,27-26-/t50-/m1/s1. The number of unbranched alkanes of at least 4 members (excludes halogenated alkanes) is 23. The average molecular weight is 825 g/mol. The van der Waals surface area contributed by atoms with Crippen molar-refractivity contribution in [1.82, 2.24) is 0 Å². The minimum atomic E-state index is -0.785. The van der Waals surface area contributed by atoms with Crippen LogP contribution in [0.5, 0.6) is 0 Å². The lowest BCUT2D eigenvalue weighted by atomic mass is 10.1. The third-order valence-electron chi connectivity index (χ3n) is 10.5. The van der Waals surface area contributed by atoms with Gasteiger partial charge in [0.05, 0.1) is 0 Å². The molecule has 0 aromatic rings. The molecule has 0 aliphatic heterocycles. The fourth-order valence-electron chi connectivity index (χ4n) is 6.64. The molecule has 0 aromatic carbocycles. The van der Waals surface area contributed by atoms with Crippen molar-refractivity contribution in [3.05, 3.63) is 60.8 Å². The van der Waals surface area contributed by atoms with Crippen molar-refractivity contribution in [2.75, 3.05) is 13.2 Å². The molecule has 0 aromatic heterocycles. The highest BCUT2D eigenvalue weighted by Gasteiger charge is 2.19. The minimum absolute atomic E-state index is 0.0866. The van der Waals surface area contributed by atoms with Crippen LogP contribution in [0.4, 0.5) is 0 Å². The maximum atomic E-state index is 12.7. The lowest BCUT2D eigenvalue weighted by molar-refractivity contribution is -0.167. The summed E-state index contributed by atoms with van der Waals surface area (Å²) in [6.45, 7) is 6.50. The number of rotatable bonds is 44. The van der Waals surface area contributed by atoms with E-state index in [0.29, 0.717) is 19.3 Å². The van der Waals surface area contributed by atoms with Crippen molar-refractivity contribution >= 4 is 17.9 Å². The third-order valence-corrected chi connectivity index (χ3v) is 10.5. The van der Waals surface area contributed by atoms with E-state index in [1.54, 1.807) is 0 Å². The van der Waals surface area contributed by atoms with Crippen LogP contribution in [0.2, 0.25) is 0 Å². The van der Waals surface area contributed by atoms with E-state index in [9.17, 15) is 14.4 Å². The van der Waals surface area contributed by atoms with Crippen LogP contribution >= 0.6 is 0 Å². The van der Waals surface area contributed by atoms with Crippen molar-refractivity contribution in [2.45, 2.75) is 245 Å². The Morgan fingerprint density at radius 3 is 1.02 bits per heavy atom. The van der Waals surface area contributed by atoms with Gasteiger partial charge in [0, 0.05) is 19.3 Å². The molecule has 0 amide bonds. The second-order valence-electron chi connectivity index (χ2n) is 16.4. The number of hydrogen-bond acceptors (Lipinski definition) is 6. The van der Waals surface area contributed by atoms with E-state index in [4.69, 9.17) is 14.2 Å². The lowest BCUT2D eigenvalue weighted by Gasteiger charge is -2.18. The first kappa shape index (κ1) is 56.1. The number of allylic oxidation sites excluding steroid dienone is 10. The Bertz CT molecular complexity index is 1090. The van der Waals surface area contributed by atoms with Gasteiger partial charge in [-0.2, -0.15) is 0 Å². The molecule has 6 nitrogen and oxygen atoms in total. The van der Waals surface area contributed by atoms with Gasteiger partial charge in [-0.1, -0.05) is 184 Å². The number of hydrogen-bond donors (Lipinski definition) is 0. The molecule has 0 aliphatic rings. The van der Waals surface area contributed by atoms with Gasteiger partial charge in [-0.15, -0.1) is 0 Å².